The van der Waals surface area contributed by atoms with Crippen molar-refractivity contribution in [2.75, 3.05) is 0 Å². The minimum Gasteiger partial charge on any atom is -0.272 e. The lowest BCUT2D eigenvalue weighted by atomic mass is 9.81. The van der Waals surface area contributed by atoms with Crippen molar-refractivity contribution in [3.8, 4) is 0 Å². The number of thiophene rings is 1. The molecule has 0 amide bonds. The summed E-state index contributed by atoms with van der Waals surface area (Å²) in [5, 5.41) is 6.64. The van der Waals surface area contributed by atoms with Crippen LogP contribution in [0.1, 0.15) is 54.1 Å². The average Bonchev–Trinajstić information content (AvgIpc) is 3.09. The van der Waals surface area contributed by atoms with E-state index >= 15 is 0 Å². The summed E-state index contributed by atoms with van der Waals surface area (Å²) in [7, 11) is 0. The molecular weight excluding hydrogens is 268 g/mol. The first kappa shape index (κ1) is 13.8. The van der Waals surface area contributed by atoms with Gasteiger partial charge in [0.2, 0.25) is 0 Å². The highest BCUT2D eigenvalue weighted by molar-refractivity contribution is 7.10. The second kappa shape index (κ2) is 6.08. The SMILES string of the molecule is CCCn1cc(C(NN)C2CCCc3sccc32)cn1. The minimum absolute atomic E-state index is 0.161. The number of fused-ring (bicyclic) bond motifs is 1. The highest BCUT2D eigenvalue weighted by Crippen LogP contribution is 2.41. The predicted octanol–water partition coefficient (Wildman–Crippen LogP) is 2.98. The Bertz CT molecular complexity index is 560. The fraction of sp³-hybridized carbons (Fsp3) is 0.533. The zero-order valence-electron chi connectivity index (χ0n) is 11.9. The molecule has 0 aliphatic heterocycles. The highest BCUT2D eigenvalue weighted by atomic mass is 32.1. The van der Waals surface area contributed by atoms with Crippen molar-refractivity contribution in [3.05, 3.63) is 39.8 Å². The van der Waals surface area contributed by atoms with E-state index in [-0.39, 0.29) is 6.04 Å². The molecule has 3 N–H and O–H groups in total. The largest absolute Gasteiger partial charge is 0.272 e. The molecule has 5 heteroatoms. The fourth-order valence-electron chi connectivity index (χ4n) is 3.20. The van der Waals surface area contributed by atoms with Gasteiger partial charge < -0.3 is 0 Å². The number of hydrazine groups is 1. The van der Waals surface area contributed by atoms with E-state index in [1.807, 2.05) is 22.2 Å². The van der Waals surface area contributed by atoms with Gasteiger partial charge in [0.1, 0.15) is 0 Å². The summed E-state index contributed by atoms with van der Waals surface area (Å²) < 4.78 is 2.01. The molecule has 0 bridgehead atoms. The molecule has 0 aromatic carbocycles. The van der Waals surface area contributed by atoms with Gasteiger partial charge in [0, 0.05) is 29.1 Å². The monoisotopic (exact) mass is 290 g/mol. The van der Waals surface area contributed by atoms with Gasteiger partial charge in [-0.05, 0) is 42.7 Å². The summed E-state index contributed by atoms with van der Waals surface area (Å²) in [6.07, 6.45) is 8.85. The Kier molecular flexibility index (Phi) is 4.19. The van der Waals surface area contributed by atoms with Crippen molar-refractivity contribution in [1.29, 1.82) is 0 Å². The average molecular weight is 290 g/mol. The van der Waals surface area contributed by atoms with Gasteiger partial charge in [0.15, 0.2) is 0 Å². The van der Waals surface area contributed by atoms with E-state index < -0.39 is 0 Å². The van der Waals surface area contributed by atoms with Crippen LogP contribution in [0, 0.1) is 0 Å². The normalized spacial score (nSPS) is 19.8. The molecule has 0 saturated heterocycles. The van der Waals surface area contributed by atoms with Crippen LogP contribution in [0.2, 0.25) is 0 Å². The number of nitrogens with one attached hydrogen (secondary N) is 1. The van der Waals surface area contributed by atoms with E-state index in [2.05, 4.69) is 35.1 Å². The first-order chi connectivity index (χ1) is 9.83. The Hall–Kier alpha value is -1.17. The van der Waals surface area contributed by atoms with Crippen molar-refractivity contribution in [1.82, 2.24) is 15.2 Å². The van der Waals surface area contributed by atoms with Crippen molar-refractivity contribution >= 4 is 11.3 Å². The van der Waals surface area contributed by atoms with Gasteiger partial charge in [0.05, 0.1) is 12.2 Å². The Labute approximate surface area is 124 Å². The van der Waals surface area contributed by atoms with Gasteiger partial charge in [-0.3, -0.25) is 16.0 Å². The molecule has 3 rings (SSSR count). The second-order valence-corrected chi connectivity index (χ2v) is 6.48. The van der Waals surface area contributed by atoms with E-state index in [0.717, 1.165) is 13.0 Å². The zero-order chi connectivity index (χ0) is 13.9. The maximum absolute atomic E-state index is 5.86. The molecule has 2 heterocycles. The molecule has 0 fully saturated rings. The Morgan fingerprint density at radius 2 is 2.50 bits per heavy atom. The second-order valence-electron chi connectivity index (χ2n) is 5.48. The van der Waals surface area contributed by atoms with Crippen LogP contribution in [0.25, 0.3) is 0 Å². The van der Waals surface area contributed by atoms with Crippen LogP contribution in [0.5, 0.6) is 0 Å². The minimum atomic E-state index is 0.161. The van der Waals surface area contributed by atoms with Crippen molar-refractivity contribution in [3.63, 3.8) is 0 Å². The summed E-state index contributed by atoms with van der Waals surface area (Å²) in [6, 6.07) is 2.43. The maximum Gasteiger partial charge on any atom is 0.0559 e. The number of nitrogens with zero attached hydrogens (tertiary/aromatic N) is 2. The number of hydrogen-bond donors (Lipinski definition) is 2. The van der Waals surface area contributed by atoms with Crippen LogP contribution in [0.15, 0.2) is 23.8 Å². The molecule has 2 aromatic rings. The number of aryl methyl sites for hydroxylation is 2. The van der Waals surface area contributed by atoms with Crippen LogP contribution in [0.3, 0.4) is 0 Å². The smallest absolute Gasteiger partial charge is 0.0559 e. The molecule has 1 aliphatic carbocycles. The van der Waals surface area contributed by atoms with E-state index in [1.165, 1.54) is 35.3 Å². The van der Waals surface area contributed by atoms with E-state index in [4.69, 9.17) is 5.84 Å². The molecule has 1 aliphatic rings. The van der Waals surface area contributed by atoms with Gasteiger partial charge in [-0.15, -0.1) is 11.3 Å². The van der Waals surface area contributed by atoms with Crippen molar-refractivity contribution in [2.45, 2.75) is 51.1 Å². The third-order valence-corrected chi connectivity index (χ3v) is 5.14. The lowest BCUT2D eigenvalue weighted by molar-refractivity contribution is 0.410. The summed E-state index contributed by atoms with van der Waals surface area (Å²) in [6.45, 7) is 3.13. The van der Waals surface area contributed by atoms with Gasteiger partial charge in [0.25, 0.3) is 0 Å². The first-order valence-corrected chi connectivity index (χ1v) is 8.26. The van der Waals surface area contributed by atoms with E-state index in [0.29, 0.717) is 5.92 Å². The summed E-state index contributed by atoms with van der Waals surface area (Å²) in [4.78, 5) is 1.53. The third kappa shape index (κ3) is 2.53. The summed E-state index contributed by atoms with van der Waals surface area (Å²) in [5.41, 5.74) is 5.70. The zero-order valence-corrected chi connectivity index (χ0v) is 12.7. The van der Waals surface area contributed by atoms with E-state index in [1.54, 1.807) is 0 Å². The van der Waals surface area contributed by atoms with Crippen LogP contribution in [0.4, 0.5) is 0 Å². The van der Waals surface area contributed by atoms with Crippen LogP contribution >= 0.6 is 11.3 Å². The van der Waals surface area contributed by atoms with E-state index in [9.17, 15) is 0 Å². The molecule has 0 spiro atoms. The van der Waals surface area contributed by atoms with Crippen molar-refractivity contribution in [2.24, 2.45) is 5.84 Å². The Morgan fingerprint density at radius 3 is 3.30 bits per heavy atom. The van der Waals surface area contributed by atoms with Gasteiger partial charge in [-0.2, -0.15) is 5.10 Å². The van der Waals surface area contributed by atoms with Crippen LogP contribution in [-0.4, -0.2) is 9.78 Å². The Balaban J connectivity index is 1.87. The molecule has 20 heavy (non-hydrogen) atoms. The highest BCUT2D eigenvalue weighted by Gasteiger charge is 2.29. The number of hydrogen-bond acceptors (Lipinski definition) is 4. The topological polar surface area (TPSA) is 55.9 Å². The lowest BCUT2D eigenvalue weighted by Gasteiger charge is -2.29. The quantitative estimate of drug-likeness (QED) is 0.657. The lowest BCUT2D eigenvalue weighted by Crippen LogP contribution is -2.33. The summed E-state index contributed by atoms with van der Waals surface area (Å²) in [5.74, 6) is 6.33. The van der Waals surface area contributed by atoms with Gasteiger partial charge in [-0.1, -0.05) is 6.92 Å². The molecule has 0 radical (unpaired) electrons. The number of rotatable bonds is 5. The van der Waals surface area contributed by atoms with Gasteiger partial charge >= 0.3 is 0 Å². The Morgan fingerprint density at radius 1 is 1.60 bits per heavy atom. The molecular formula is C15H22N4S. The molecule has 2 unspecified atom stereocenters. The molecule has 4 nitrogen and oxygen atoms in total. The first-order valence-electron chi connectivity index (χ1n) is 7.38. The maximum atomic E-state index is 5.86. The van der Waals surface area contributed by atoms with Crippen LogP contribution < -0.4 is 11.3 Å². The summed E-state index contributed by atoms with van der Waals surface area (Å²) >= 11 is 1.88. The van der Waals surface area contributed by atoms with Crippen LogP contribution in [-0.2, 0) is 13.0 Å². The third-order valence-electron chi connectivity index (χ3n) is 4.15. The molecule has 0 saturated carbocycles. The molecule has 2 aromatic heterocycles. The molecule has 108 valence electrons. The number of nitrogens with two attached hydrogens (primary N) is 1. The molecule has 2 atom stereocenters. The number of aromatic nitrogens is 2. The van der Waals surface area contributed by atoms with Crippen molar-refractivity contribution < 1.29 is 0 Å². The fourth-order valence-corrected chi connectivity index (χ4v) is 4.20. The van der Waals surface area contributed by atoms with Gasteiger partial charge in [-0.25, -0.2) is 0 Å². The predicted molar refractivity (Wildman–Crippen MR) is 82.6 cm³/mol. The standard InChI is InChI=1S/C15H22N4S/c1-2-7-19-10-11(9-17-19)15(18-16)13-4-3-5-14-12(13)6-8-20-14/h6,8-10,13,15,18H,2-5,7,16H2,1H3.